The first-order valence-electron chi connectivity index (χ1n) is 10.6. The number of nitrogens with one attached hydrogen (secondary N) is 2. The molecule has 0 saturated carbocycles. The number of nitrogens with zero attached hydrogens (tertiary/aromatic N) is 1. The second kappa shape index (κ2) is 12.1. The standard InChI is InChI=1S/C22H23N3O5.C2HF3O2/c1-14-11-16(18-5-3-4-6-19(18)24-14)12-30-17-9-7-15(8-10-17)20(26)23-13-22(2,28)21(27)25-29;3-2(4,5)1(6)7/h3-11,28-29H,12-13H2,1-2H3,(H,23,26)(H,25,27);(H,6,7)/t22-;/m1./s1. The van der Waals surface area contributed by atoms with E-state index in [4.69, 9.17) is 19.8 Å². The average Bonchev–Trinajstić information content (AvgIpc) is 2.85. The minimum Gasteiger partial charge on any atom is -0.489 e. The second-order valence-corrected chi connectivity index (χ2v) is 7.95. The number of carbonyl (C=O) groups is 3. The molecule has 0 fully saturated rings. The van der Waals surface area contributed by atoms with E-state index in [0.29, 0.717) is 17.9 Å². The number of aliphatic hydroxyl groups is 1. The van der Waals surface area contributed by atoms with Crippen LogP contribution in [0.4, 0.5) is 13.2 Å². The molecule has 0 unspecified atom stereocenters. The largest absolute Gasteiger partial charge is 0.490 e. The number of hydrogen-bond acceptors (Lipinski definition) is 7. The number of hydrogen-bond donors (Lipinski definition) is 5. The van der Waals surface area contributed by atoms with Crippen LogP contribution in [-0.4, -0.2) is 56.5 Å². The maximum Gasteiger partial charge on any atom is 0.490 e. The smallest absolute Gasteiger partial charge is 0.489 e. The second-order valence-electron chi connectivity index (χ2n) is 7.95. The number of benzene rings is 2. The van der Waals surface area contributed by atoms with E-state index in [9.17, 15) is 27.9 Å². The summed E-state index contributed by atoms with van der Waals surface area (Å²) in [5.41, 5.74) is 2.60. The average molecular weight is 523 g/mol. The molecule has 0 aliphatic heterocycles. The molecule has 0 saturated heterocycles. The van der Waals surface area contributed by atoms with E-state index < -0.39 is 29.6 Å². The zero-order valence-electron chi connectivity index (χ0n) is 19.7. The Morgan fingerprint density at radius 1 is 1.05 bits per heavy atom. The highest BCUT2D eigenvalue weighted by Gasteiger charge is 2.38. The molecule has 1 atom stereocenters. The molecule has 13 heteroatoms. The highest BCUT2D eigenvalue weighted by atomic mass is 19.4. The van der Waals surface area contributed by atoms with Crippen molar-refractivity contribution in [1.82, 2.24) is 15.8 Å². The van der Waals surface area contributed by atoms with Gasteiger partial charge in [-0.05, 0) is 50.2 Å². The minimum atomic E-state index is -5.08. The number of aliphatic carboxylic acids is 1. The van der Waals surface area contributed by atoms with Gasteiger partial charge in [0.2, 0.25) is 0 Å². The minimum absolute atomic E-state index is 0.341. The summed E-state index contributed by atoms with van der Waals surface area (Å²) in [5, 5.41) is 29.1. The summed E-state index contributed by atoms with van der Waals surface area (Å²) in [5.74, 6) is -3.64. The Kier molecular flexibility index (Phi) is 9.52. The molecule has 0 bridgehead atoms. The third-order valence-corrected chi connectivity index (χ3v) is 4.87. The molecule has 0 aliphatic rings. The maximum absolute atomic E-state index is 12.2. The highest BCUT2D eigenvalue weighted by Crippen LogP contribution is 2.21. The third kappa shape index (κ3) is 8.44. The number of fused-ring (bicyclic) bond motifs is 1. The van der Waals surface area contributed by atoms with Gasteiger partial charge in [0.05, 0.1) is 12.1 Å². The van der Waals surface area contributed by atoms with Crippen molar-refractivity contribution >= 4 is 28.7 Å². The molecular weight excluding hydrogens is 499 g/mol. The van der Waals surface area contributed by atoms with Gasteiger partial charge in [-0.3, -0.25) is 19.8 Å². The Bertz CT molecular complexity index is 1260. The zero-order valence-corrected chi connectivity index (χ0v) is 19.7. The van der Waals surface area contributed by atoms with E-state index in [0.717, 1.165) is 22.2 Å². The fraction of sp³-hybridized carbons (Fsp3) is 0.250. The lowest BCUT2D eigenvalue weighted by Gasteiger charge is -2.20. The van der Waals surface area contributed by atoms with Crippen molar-refractivity contribution in [3.8, 4) is 5.75 Å². The van der Waals surface area contributed by atoms with Crippen molar-refractivity contribution in [3.05, 3.63) is 71.4 Å². The van der Waals surface area contributed by atoms with Crippen molar-refractivity contribution in [2.24, 2.45) is 0 Å². The van der Waals surface area contributed by atoms with Crippen LogP contribution in [0.3, 0.4) is 0 Å². The van der Waals surface area contributed by atoms with E-state index in [-0.39, 0.29) is 6.54 Å². The molecule has 5 N–H and O–H groups in total. The summed E-state index contributed by atoms with van der Waals surface area (Å²) in [6.07, 6.45) is -5.08. The molecule has 198 valence electrons. The molecule has 3 aromatic rings. The quantitative estimate of drug-likeness (QED) is 0.234. The van der Waals surface area contributed by atoms with Gasteiger partial charge >= 0.3 is 12.1 Å². The van der Waals surface area contributed by atoms with Gasteiger partial charge in [0.15, 0.2) is 5.60 Å². The lowest BCUT2D eigenvalue weighted by molar-refractivity contribution is -0.192. The van der Waals surface area contributed by atoms with Crippen LogP contribution in [0.15, 0.2) is 54.6 Å². The summed E-state index contributed by atoms with van der Waals surface area (Å²) in [6.45, 7) is 3.12. The Morgan fingerprint density at radius 2 is 1.65 bits per heavy atom. The monoisotopic (exact) mass is 523 g/mol. The van der Waals surface area contributed by atoms with Crippen molar-refractivity contribution in [2.75, 3.05) is 6.54 Å². The van der Waals surface area contributed by atoms with Crippen molar-refractivity contribution in [2.45, 2.75) is 32.2 Å². The number of carboxylic acids is 1. The van der Waals surface area contributed by atoms with Gasteiger partial charge in [0, 0.05) is 22.2 Å². The number of amides is 2. The lowest BCUT2D eigenvalue weighted by atomic mass is 10.1. The van der Waals surface area contributed by atoms with Gasteiger partial charge in [0.1, 0.15) is 12.4 Å². The summed E-state index contributed by atoms with van der Waals surface area (Å²) in [4.78, 5) is 37.0. The molecule has 10 nitrogen and oxygen atoms in total. The topological polar surface area (TPSA) is 158 Å². The Labute approximate surface area is 208 Å². The number of ether oxygens (including phenoxy) is 1. The van der Waals surface area contributed by atoms with Crippen molar-refractivity contribution in [3.63, 3.8) is 0 Å². The van der Waals surface area contributed by atoms with E-state index in [2.05, 4.69) is 10.3 Å². The molecule has 3 rings (SSSR count). The molecule has 2 amide bonds. The summed E-state index contributed by atoms with van der Waals surface area (Å²) in [7, 11) is 0. The first-order valence-corrected chi connectivity index (χ1v) is 10.6. The fourth-order valence-electron chi connectivity index (χ4n) is 2.93. The van der Waals surface area contributed by atoms with Crippen LogP contribution in [-0.2, 0) is 16.2 Å². The van der Waals surface area contributed by atoms with E-state index in [1.807, 2.05) is 37.3 Å². The number of carboxylic acid groups (broad SMARTS) is 1. The van der Waals surface area contributed by atoms with Crippen LogP contribution >= 0.6 is 0 Å². The summed E-state index contributed by atoms with van der Waals surface area (Å²) >= 11 is 0. The van der Waals surface area contributed by atoms with Crippen LogP contribution in [0, 0.1) is 6.92 Å². The van der Waals surface area contributed by atoms with Gasteiger partial charge in [-0.1, -0.05) is 18.2 Å². The van der Waals surface area contributed by atoms with Gasteiger partial charge < -0.3 is 20.3 Å². The Balaban J connectivity index is 0.000000604. The third-order valence-electron chi connectivity index (χ3n) is 4.87. The van der Waals surface area contributed by atoms with Gasteiger partial charge in [-0.25, -0.2) is 10.3 Å². The molecule has 0 spiro atoms. The van der Waals surface area contributed by atoms with Crippen LogP contribution in [0.2, 0.25) is 0 Å². The molecule has 0 aliphatic carbocycles. The van der Waals surface area contributed by atoms with Crippen molar-refractivity contribution < 1.29 is 47.7 Å². The van der Waals surface area contributed by atoms with Crippen LogP contribution < -0.4 is 15.5 Å². The molecular formula is C24H24F3N3O7. The SMILES string of the molecule is Cc1cc(COc2ccc(C(=O)NC[C@@](C)(O)C(=O)NO)cc2)c2ccccc2n1.O=C(O)C(F)(F)F. The summed E-state index contributed by atoms with van der Waals surface area (Å²) in [6, 6.07) is 16.4. The molecule has 0 radical (unpaired) electrons. The van der Waals surface area contributed by atoms with E-state index in [1.165, 1.54) is 12.4 Å². The number of rotatable bonds is 7. The number of aryl methyl sites for hydroxylation is 1. The van der Waals surface area contributed by atoms with Gasteiger partial charge in [-0.2, -0.15) is 13.2 Å². The van der Waals surface area contributed by atoms with Crippen LogP contribution in [0.5, 0.6) is 5.75 Å². The first kappa shape index (κ1) is 29.0. The van der Waals surface area contributed by atoms with Gasteiger partial charge in [0.25, 0.3) is 11.8 Å². The normalized spacial score (nSPS) is 12.5. The maximum atomic E-state index is 12.2. The predicted octanol–water partition coefficient (Wildman–Crippen LogP) is 2.74. The predicted molar refractivity (Wildman–Crippen MR) is 124 cm³/mol. The molecule has 1 aromatic heterocycles. The Hall–Kier alpha value is -4.23. The number of aromatic nitrogens is 1. The number of hydroxylamine groups is 1. The van der Waals surface area contributed by atoms with E-state index >= 15 is 0 Å². The Morgan fingerprint density at radius 3 is 2.22 bits per heavy atom. The first-order chi connectivity index (χ1) is 17.2. The van der Waals surface area contributed by atoms with Crippen LogP contribution in [0.1, 0.15) is 28.5 Å². The zero-order chi connectivity index (χ0) is 27.8. The van der Waals surface area contributed by atoms with Crippen molar-refractivity contribution in [1.29, 1.82) is 0 Å². The highest BCUT2D eigenvalue weighted by molar-refractivity contribution is 5.95. The number of pyridine rings is 1. The number of carbonyl (C=O) groups excluding carboxylic acids is 2. The van der Waals surface area contributed by atoms with E-state index in [1.54, 1.807) is 24.3 Å². The number of para-hydroxylation sites is 1. The molecule has 2 aromatic carbocycles. The number of halogens is 3. The lowest BCUT2D eigenvalue weighted by Crippen LogP contribution is -2.51. The molecule has 37 heavy (non-hydrogen) atoms. The molecule has 1 heterocycles. The van der Waals surface area contributed by atoms with Crippen LogP contribution in [0.25, 0.3) is 10.9 Å². The summed E-state index contributed by atoms with van der Waals surface area (Å²) < 4.78 is 37.6. The number of alkyl halides is 3. The fourth-order valence-corrected chi connectivity index (χ4v) is 2.93. The van der Waals surface area contributed by atoms with Gasteiger partial charge in [-0.15, -0.1) is 0 Å².